The number of nitrogens with one attached hydrogen (secondary N) is 1. The highest BCUT2D eigenvalue weighted by atomic mass is 16.5. The Balaban J connectivity index is 1.35. The molecule has 4 rings (SSSR count). The van der Waals surface area contributed by atoms with E-state index in [2.05, 4.69) is 27.6 Å². The summed E-state index contributed by atoms with van der Waals surface area (Å²) in [5, 5.41) is 6.85. The number of nitrogens with zero attached hydrogens (tertiary/aromatic N) is 2. The average Bonchev–Trinajstić information content (AvgIpc) is 3.25. The Morgan fingerprint density at radius 1 is 1.13 bits per heavy atom. The normalized spacial score (nSPS) is 14.1. The number of carbonyl (C=O) groups is 1. The number of benzene rings is 2. The van der Waals surface area contributed by atoms with Crippen molar-refractivity contribution in [2.75, 3.05) is 0 Å². The first-order valence-electron chi connectivity index (χ1n) is 10.6. The summed E-state index contributed by atoms with van der Waals surface area (Å²) in [5.41, 5.74) is 4.78. The number of carbonyl (C=O) groups excluding carboxylic acids is 1. The smallest absolute Gasteiger partial charge is 0.261 e. The molecule has 0 saturated heterocycles. The zero-order valence-electron chi connectivity index (χ0n) is 17.5. The molecule has 1 atom stereocenters. The van der Waals surface area contributed by atoms with Crippen LogP contribution in [0.3, 0.4) is 0 Å². The van der Waals surface area contributed by atoms with Crippen molar-refractivity contribution in [3.8, 4) is 17.1 Å². The minimum Gasteiger partial charge on any atom is -0.481 e. The minimum atomic E-state index is -0.564. The van der Waals surface area contributed by atoms with Crippen LogP contribution in [0.5, 0.6) is 5.75 Å². The van der Waals surface area contributed by atoms with Crippen LogP contribution < -0.4 is 10.1 Å². The van der Waals surface area contributed by atoms with Gasteiger partial charge >= 0.3 is 0 Å². The van der Waals surface area contributed by atoms with Crippen LogP contribution >= 0.6 is 0 Å². The predicted octanol–water partition coefficient (Wildman–Crippen LogP) is 4.40. The minimum absolute atomic E-state index is 0.168. The molecule has 0 fully saturated rings. The lowest BCUT2D eigenvalue weighted by Crippen LogP contribution is -2.37. The Morgan fingerprint density at radius 2 is 1.90 bits per heavy atom. The molecule has 156 valence electrons. The SMILES string of the molecule is CC[C@@H](Oc1ccc2c(c1)CCCC2)C(=O)NCc1nc(-c2ccc(C)cc2)no1. The van der Waals surface area contributed by atoms with Crippen molar-refractivity contribution in [1.82, 2.24) is 15.5 Å². The van der Waals surface area contributed by atoms with Gasteiger partial charge in [-0.2, -0.15) is 4.98 Å². The molecule has 1 aromatic heterocycles. The molecule has 0 radical (unpaired) electrons. The summed E-state index contributed by atoms with van der Waals surface area (Å²) in [5.74, 6) is 1.43. The van der Waals surface area contributed by atoms with E-state index in [9.17, 15) is 4.79 Å². The van der Waals surface area contributed by atoms with E-state index in [1.807, 2.05) is 44.2 Å². The molecule has 6 heteroatoms. The maximum atomic E-state index is 12.6. The molecule has 30 heavy (non-hydrogen) atoms. The van der Waals surface area contributed by atoms with E-state index < -0.39 is 6.10 Å². The van der Waals surface area contributed by atoms with Crippen molar-refractivity contribution in [2.45, 2.75) is 58.6 Å². The molecule has 0 spiro atoms. The maximum Gasteiger partial charge on any atom is 0.261 e. The second-order valence-corrected chi connectivity index (χ2v) is 7.75. The highest BCUT2D eigenvalue weighted by Crippen LogP contribution is 2.26. The molecule has 1 N–H and O–H groups in total. The number of aromatic nitrogens is 2. The number of ether oxygens (including phenoxy) is 1. The van der Waals surface area contributed by atoms with E-state index in [1.54, 1.807) is 0 Å². The summed E-state index contributed by atoms with van der Waals surface area (Å²) in [4.78, 5) is 17.0. The Morgan fingerprint density at radius 3 is 2.67 bits per heavy atom. The predicted molar refractivity (Wildman–Crippen MR) is 114 cm³/mol. The summed E-state index contributed by atoms with van der Waals surface area (Å²) in [6, 6.07) is 14.1. The van der Waals surface area contributed by atoms with E-state index in [1.165, 1.54) is 29.5 Å². The summed E-state index contributed by atoms with van der Waals surface area (Å²) in [6.07, 6.45) is 4.67. The average molecular weight is 405 g/mol. The molecule has 1 aliphatic rings. The fourth-order valence-electron chi connectivity index (χ4n) is 3.69. The number of amides is 1. The first kappa shape index (κ1) is 20.1. The van der Waals surface area contributed by atoms with Crippen molar-refractivity contribution in [3.05, 3.63) is 65.0 Å². The number of hydrogen-bond donors (Lipinski definition) is 1. The van der Waals surface area contributed by atoms with Crippen molar-refractivity contribution in [2.24, 2.45) is 0 Å². The molecule has 6 nitrogen and oxygen atoms in total. The number of hydrogen-bond acceptors (Lipinski definition) is 5. The van der Waals surface area contributed by atoms with Crippen LogP contribution in [-0.2, 0) is 24.2 Å². The van der Waals surface area contributed by atoms with Crippen LogP contribution in [0.1, 0.15) is 48.8 Å². The third kappa shape index (κ3) is 4.70. The highest BCUT2D eigenvalue weighted by Gasteiger charge is 2.20. The monoisotopic (exact) mass is 405 g/mol. The maximum absolute atomic E-state index is 12.6. The fraction of sp³-hybridized carbons (Fsp3) is 0.375. The molecular weight excluding hydrogens is 378 g/mol. The van der Waals surface area contributed by atoms with Crippen molar-refractivity contribution in [1.29, 1.82) is 0 Å². The Bertz CT molecular complexity index is 1010. The van der Waals surface area contributed by atoms with Gasteiger partial charge in [0.1, 0.15) is 5.75 Å². The molecular formula is C24H27N3O3. The van der Waals surface area contributed by atoms with Crippen LogP contribution in [0.2, 0.25) is 0 Å². The van der Waals surface area contributed by atoms with Gasteiger partial charge in [-0.05, 0) is 62.3 Å². The summed E-state index contributed by atoms with van der Waals surface area (Å²) < 4.78 is 11.3. The van der Waals surface area contributed by atoms with E-state index in [-0.39, 0.29) is 12.5 Å². The van der Waals surface area contributed by atoms with Crippen LogP contribution in [-0.4, -0.2) is 22.2 Å². The van der Waals surface area contributed by atoms with Gasteiger partial charge in [-0.25, -0.2) is 0 Å². The van der Waals surface area contributed by atoms with Crippen LogP contribution in [0, 0.1) is 6.92 Å². The molecule has 1 heterocycles. The van der Waals surface area contributed by atoms with Crippen molar-refractivity contribution < 1.29 is 14.1 Å². The third-order valence-electron chi connectivity index (χ3n) is 5.45. The van der Waals surface area contributed by atoms with E-state index in [0.717, 1.165) is 24.2 Å². The molecule has 3 aromatic rings. The lowest BCUT2D eigenvalue weighted by molar-refractivity contribution is -0.128. The van der Waals surface area contributed by atoms with Crippen molar-refractivity contribution >= 4 is 5.91 Å². The highest BCUT2D eigenvalue weighted by molar-refractivity contribution is 5.81. The number of rotatable bonds is 7. The first-order valence-corrected chi connectivity index (χ1v) is 10.6. The molecule has 0 saturated carbocycles. The second kappa shape index (κ2) is 9.11. The molecule has 2 aromatic carbocycles. The van der Waals surface area contributed by atoms with Gasteiger partial charge in [0.2, 0.25) is 11.7 Å². The van der Waals surface area contributed by atoms with E-state index in [4.69, 9.17) is 9.26 Å². The van der Waals surface area contributed by atoms with Gasteiger partial charge < -0.3 is 14.6 Å². The lowest BCUT2D eigenvalue weighted by atomic mass is 9.92. The van der Waals surface area contributed by atoms with Gasteiger partial charge in [-0.3, -0.25) is 4.79 Å². The van der Waals surface area contributed by atoms with E-state index >= 15 is 0 Å². The van der Waals surface area contributed by atoms with Crippen LogP contribution in [0.15, 0.2) is 47.0 Å². The quantitative estimate of drug-likeness (QED) is 0.630. The molecule has 1 amide bonds. The Hall–Kier alpha value is -3.15. The topological polar surface area (TPSA) is 77.2 Å². The molecule has 0 unspecified atom stereocenters. The third-order valence-corrected chi connectivity index (χ3v) is 5.45. The van der Waals surface area contributed by atoms with Gasteiger partial charge in [0, 0.05) is 5.56 Å². The Kier molecular flexibility index (Phi) is 6.12. The summed E-state index contributed by atoms with van der Waals surface area (Å²) in [7, 11) is 0. The van der Waals surface area contributed by atoms with Crippen LogP contribution in [0.4, 0.5) is 0 Å². The van der Waals surface area contributed by atoms with Gasteiger partial charge in [0.25, 0.3) is 5.91 Å². The van der Waals surface area contributed by atoms with Crippen LogP contribution in [0.25, 0.3) is 11.4 Å². The van der Waals surface area contributed by atoms with Gasteiger partial charge in [-0.1, -0.05) is 48.0 Å². The fourth-order valence-corrected chi connectivity index (χ4v) is 3.69. The largest absolute Gasteiger partial charge is 0.481 e. The number of fused-ring (bicyclic) bond motifs is 1. The van der Waals surface area contributed by atoms with Gasteiger partial charge in [-0.15, -0.1) is 0 Å². The summed E-state index contributed by atoms with van der Waals surface area (Å²) >= 11 is 0. The molecule has 1 aliphatic carbocycles. The summed E-state index contributed by atoms with van der Waals surface area (Å²) in [6.45, 7) is 4.13. The van der Waals surface area contributed by atoms with Gasteiger partial charge in [0.05, 0.1) is 6.54 Å². The second-order valence-electron chi connectivity index (χ2n) is 7.75. The number of aryl methyl sites for hydroxylation is 3. The van der Waals surface area contributed by atoms with Gasteiger partial charge in [0.15, 0.2) is 6.10 Å². The standard InChI is InChI=1S/C24H27N3O3/c1-3-21(29-20-13-12-17-6-4-5-7-19(17)14-20)24(28)25-15-22-26-23(27-30-22)18-10-8-16(2)9-11-18/h8-14,21H,3-7,15H2,1-2H3,(H,25,28)/t21-/m1/s1. The zero-order valence-corrected chi connectivity index (χ0v) is 17.5. The lowest BCUT2D eigenvalue weighted by Gasteiger charge is -2.20. The Labute approximate surface area is 176 Å². The first-order chi connectivity index (χ1) is 14.6. The van der Waals surface area contributed by atoms with Crippen molar-refractivity contribution in [3.63, 3.8) is 0 Å². The van der Waals surface area contributed by atoms with E-state index in [0.29, 0.717) is 18.1 Å². The zero-order chi connectivity index (χ0) is 20.9. The molecule has 0 aliphatic heterocycles. The molecule has 0 bridgehead atoms.